The highest BCUT2D eigenvalue weighted by atomic mass is 19.1. The summed E-state index contributed by atoms with van der Waals surface area (Å²) >= 11 is 0. The van der Waals surface area contributed by atoms with Gasteiger partial charge in [0.15, 0.2) is 0 Å². The second-order valence-corrected chi connectivity index (χ2v) is 5.25. The van der Waals surface area contributed by atoms with Crippen LogP contribution in [-0.4, -0.2) is 20.6 Å². The van der Waals surface area contributed by atoms with E-state index in [4.69, 9.17) is 5.73 Å². The average molecular weight is 272 g/mol. The van der Waals surface area contributed by atoms with Gasteiger partial charge in [-0.15, -0.1) is 0 Å². The smallest absolute Gasteiger partial charge is 0.123 e. The first-order chi connectivity index (χ1) is 9.60. The van der Waals surface area contributed by atoms with Gasteiger partial charge in [0, 0.05) is 25.7 Å². The van der Waals surface area contributed by atoms with E-state index in [0.717, 1.165) is 12.0 Å². The summed E-state index contributed by atoms with van der Waals surface area (Å²) in [6.07, 6.45) is 0.871. The van der Waals surface area contributed by atoms with E-state index in [9.17, 15) is 4.39 Å². The first kappa shape index (κ1) is 14.5. The number of halogens is 1. The molecule has 1 atom stereocenters. The quantitative estimate of drug-likeness (QED) is 0.906. The van der Waals surface area contributed by atoms with Gasteiger partial charge in [0.2, 0.25) is 0 Å². The third-order valence-corrected chi connectivity index (χ3v) is 3.56. The largest absolute Gasteiger partial charge is 0.378 e. The van der Waals surface area contributed by atoms with Gasteiger partial charge in [-0.25, -0.2) is 4.39 Å². The summed E-state index contributed by atoms with van der Waals surface area (Å²) in [7, 11) is 4.05. The topological polar surface area (TPSA) is 29.3 Å². The zero-order valence-electron chi connectivity index (χ0n) is 12.0. The Bertz CT molecular complexity index is 532. The van der Waals surface area contributed by atoms with Gasteiger partial charge in [-0.05, 0) is 48.4 Å². The molecule has 0 saturated carbocycles. The van der Waals surface area contributed by atoms with Crippen LogP contribution in [0.25, 0.3) is 0 Å². The third-order valence-electron chi connectivity index (χ3n) is 3.56. The highest BCUT2D eigenvalue weighted by Gasteiger charge is 2.11. The lowest BCUT2D eigenvalue weighted by molar-refractivity contribution is 0.623. The van der Waals surface area contributed by atoms with E-state index >= 15 is 0 Å². The van der Waals surface area contributed by atoms with E-state index in [1.54, 1.807) is 0 Å². The van der Waals surface area contributed by atoms with Gasteiger partial charge in [-0.3, -0.25) is 0 Å². The first-order valence-electron chi connectivity index (χ1n) is 6.82. The minimum atomic E-state index is -0.208. The SMILES string of the molecule is CN(C)c1ccc(CC(CN)c2ccc(F)cc2)cc1. The Balaban J connectivity index is 2.11. The maximum Gasteiger partial charge on any atom is 0.123 e. The molecule has 20 heavy (non-hydrogen) atoms. The second kappa shape index (κ2) is 6.53. The molecule has 0 heterocycles. The molecule has 3 heteroatoms. The van der Waals surface area contributed by atoms with Crippen LogP contribution < -0.4 is 10.6 Å². The van der Waals surface area contributed by atoms with Crippen LogP contribution in [0.1, 0.15) is 17.0 Å². The Morgan fingerprint density at radius 2 is 1.60 bits per heavy atom. The fourth-order valence-electron chi connectivity index (χ4n) is 2.29. The summed E-state index contributed by atoms with van der Waals surface area (Å²) in [5.74, 6) is 0.0145. The number of rotatable bonds is 5. The molecule has 0 aliphatic rings. The minimum Gasteiger partial charge on any atom is -0.378 e. The Hall–Kier alpha value is -1.87. The van der Waals surface area contributed by atoms with E-state index in [0.29, 0.717) is 6.54 Å². The zero-order chi connectivity index (χ0) is 14.5. The van der Waals surface area contributed by atoms with E-state index in [-0.39, 0.29) is 11.7 Å². The first-order valence-corrected chi connectivity index (χ1v) is 6.82. The van der Waals surface area contributed by atoms with Crippen LogP contribution in [0.15, 0.2) is 48.5 Å². The monoisotopic (exact) mass is 272 g/mol. The molecule has 0 spiro atoms. The van der Waals surface area contributed by atoms with Crippen LogP contribution in [0.5, 0.6) is 0 Å². The lowest BCUT2D eigenvalue weighted by Gasteiger charge is -2.17. The molecule has 2 aromatic rings. The maximum absolute atomic E-state index is 13.0. The summed E-state index contributed by atoms with van der Waals surface area (Å²) < 4.78 is 13.0. The molecule has 106 valence electrons. The highest BCUT2D eigenvalue weighted by Crippen LogP contribution is 2.22. The van der Waals surface area contributed by atoms with Crippen molar-refractivity contribution in [2.24, 2.45) is 5.73 Å². The summed E-state index contributed by atoms with van der Waals surface area (Å²) in [5, 5.41) is 0. The molecule has 0 aliphatic heterocycles. The molecule has 2 N–H and O–H groups in total. The maximum atomic E-state index is 13.0. The molecule has 2 rings (SSSR count). The number of hydrogen-bond acceptors (Lipinski definition) is 2. The summed E-state index contributed by atoms with van der Waals surface area (Å²) in [6, 6.07) is 15.1. The van der Waals surface area contributed by atoms with Crippen molar-refractivity contribution in [2.75, 3.05) is 25.5 Å². The van der Waals surface area contributed by atoms with Gasteiger partial charge in [0.1, 0.15) is 5.82 Å². The highest BCUT2D eigenvalue weighted by molar-refractivity contribution is 5.46. The van der Waals surface area contributed by atoms with Gasteiger partial charge in [0.05, 0.1) is 0 Å². The Labute approximate surface area is 120 Å². The van der Waals surface area contributed by atoms with E-state index in [1.165, 1.54) is 23.4 Å². The molecule has 0 radical (unpaired) electrons. The number of anilines is 1. The predicted molar refractivity (Wildman–Crippen MR) is 82.7 cm³/mol. The van der Waals surface area contributed by atoms with E-state index in [1.807, 2.05) is 26.2 Å². The molecule has 1 unspecified atom stereocenters. The molecular weight excluding hydrogens is 251 g/mol. The molecule has 2 aromatic carbocycles. The van der Waals surface area contributed by atoms with Gasteiger partial charge in [-0.1, -0.05) is 24.3 Å². The van der Waals surface area contributed by atoms with Crippen molar-refractivity contribution in [1.29, 1.82) is 0 Å². The standard InChI is InChI=1S/C17H21FN2/c1-20(2)17-9-3-13(4-10-17)11-15(12-19)14-5-7-16(18)8-6-14/h3-10,15H,11-12,19H2,1-2H3. The number of hydrogen-bond donors (Lipinski definition) is 1. The van der Waals surface area contributed by atoms with Gasteiger partial charge < -0.3 is 10.6 Å². The van der Waals surface area contributed by atoms with Crippen LogP contribution in [0.4, 0.5) is 10.1 Å². The van der Waals surface area contributed by atoms with Crippen LogP contribution >= 0.6 is 0 Å². The fraction of sp³-hybridized carbons (Fsp3) is 0.294. The van der Waals surface area contributed by atoms with Crippen molar-refractivity contribution in [1.82, 2.24) is 0 Å². The summed E-state index contributed by atoms with van der Waals surface area (Å²) in [5.41, 5.74) is 9.38. The van der Waals surface area contributed by atoms with Crippen molar-refractivity contribution >= 4 is 5.69 Å². The van der Waals surface area contributed by atoms with Crippen molar-refractivity contribution in [2.45, 2.75) is 12.3 Å². The van der Waals surface area contributed by atoms with Crippen molar-refractivity contribution in [3.8, 4) is 0 Å². The molecule has 0 bridgehead atoms. The van der Waals surface area contributed by atoms with Gasteiger partial charge >= 0.3 is 0 Å². The van der Waals surface area contributed by atoms with Crippen LogP contribution in [0, 0.1) is 5.82 Å². The summed E-state index contributed by atoms with van der Waals surface area (Å²) in [4.78, 5) is 2.07. The number of nitrogens with zero attached hydrogens (tertiary/aromatic N) is 1. The molecule has 0 saturated heterocycles. The molecule has 0 amide bonds. The number of nitrogens with two attached hydrogens (primary N) is 1. The number of benzene rings is 2. The molecular formula is C17H21FN2. The lowest BCUT2D eigenvalue weighted by Crippen LogP contribution is -2.15. The summed E-state index contributed by atoms with van der Waals surface area (Å²) in [6.45, 7) is 0.557. The second-order valence-electron chi connectivity index (χ2n) is 5.25. The Kier molecular flexibility index (Phi) is 4.74. The molecule has 2 nitrogen and oxygen atoms in total. The van der Waals surface area contributed by atoms with Gasteiger partial charge in [0.25, 0.3) is 0 Å². The molecule has 0 aromatic heterocycles. The zero-order valence-corrected chi connectivity index (χ0v) is 12.0. The third kappa shape index (κ3) is 3.58. The fourth-order valence-corrected chi connectivity index (χ4v) is 2.29. The van der Waals surface area contributed by atoms with Crippen LogP contribution in [0.2, 0.25) is 0 Å². The van der Waals surface area contributed by atoms with E-state index < -0.39 is 0 Å². The van der Waals surface area contributed by atoms with Crippen LogP contribution in [0.3, 0.4) is 0 Å². The molecule has 0 aliphatic carbocycles. The van der Waals surface area contributed by atoms with Crippen molar-refractivity contribution < 1.29 is 4.39 Å². The predicted octanol–water partition coefficient (Wildman–Crippen LogP) is 3.18. The lowest BCUT2D eigenvalue weighted by atomic mass is 9.92. The average Bonchev–Trinajstić information content (AvgIpc) is 2.46. The Morgan fingerprint density at radius 1 is 1.00 bits per heavy atom. The van der Waals surface area contributed by atoms with E-state index in [2.05, 4.69) is 29.2 Å². The minimum absolute atomic E-state index is 0.208. The van der Waals surface area contributed by atoms with Crippen molar-refractivity contribution in [3.63, 3.8) is 0 Å². The molecule has 0 fully saturated rings. The van der Waals surface area contributed by atoms with Gasteiger partial charge in [-0.2, -0.15) is 0 Å². The Morgan fingerprint density at radius 3 is 2.10 bits per heavy atom. The normalized spacial score (nSPS) is 12.2. The van der Waals surface area contributed by atoms with Crippen molar-refractivity contribution in [3.05, 3.63) is 65.5 Å². The van der Waals surface area contributed by atoms with Crippen LogP contribution in [-0.2, 0) is 6.42 Å².